The van der Waals surface area contributed by atoms with Gasteiger partial charge < -0.3 is 9.64 Å². The number of rotatable bonds is 6. The van der Waals surface area contributed by atoms with Crippen LogP contribution in [0.15, 0.2) is 47.4 Å². The lowest BCUT2D eigenvalue weighted by atomic mass is 9.46. The summed E-state index contributed by atoms with van der Waals surface area (Å²) in [6.45, 7) is 10.2. The van der Waals surface area contributed by atoms with Crippen molar-refractivity contribution in [3.8, 4) is 0 Å². The molecule has 216 valence electrons. The van der Waals surface area contributed by atoms with E-state index in [1.54, 1.807) is 11.9 Å². The number of carbonyl (C=O) groups is 1. The van der Waals surface area contributed by atoms with E-state index in [1.165, 1.54) is 42.4 Å². The molecule has 40 heavy (non-hydrogen) atoms. The van der Waals surface area contributed by atoms with E-state index in [0.29, 0.717) is 12.5 Å². The van der Waals surface area contributed by atoms with E-state index in [-0.39, 0.29) is 16.9 Å². The maximum absolute atomic E-state index is 12.6. The van der Waals surface area contributed by atoms with E-state index in [2.05, 4.69) is 53.2 Å². The Labute approximate surface area is 239 Å². The predicted molar refractivity (Wildman–Crippen MR) is 158 cm³/mol. The van der Waals surface area contributed by atoms with Crippen molar-refractivity contribution in [1.29, 1.82) is 0 Å². The zero-order valence-electron chi connectivity index (χ0n) is 24.6. The topological polar surface area (TPSA) is 67.3 Å². The predicted octanol–water partition coefficient (Wildman–Crippen LogP) is 6.18. The van der Waals surface area contributed by atoms with Crippen molar-refractivity contribution in [2.45, 2.75) is 65.2 Å². The quantitative estimate of drug-likeness (QED) is 0.315. The fraction of sp³-hybridized carbons (Fsp3) is 0.667. The minimum atomic E-state index is -0.366. The van der Waals surface area contributed by atoms with Crippen LogP contribution in [0.2, 0.25) is 0 Å². The Bertz CT molecular complexity index is 1170. The molecule has 7 heteroatoms. The molecule has 3 fully saturated rings. The van der Waals surface area contributed by atoms with Crippen LogP contribution in [0, 0.1) is 28.6 Å². The van der Waals surface area contributed by atoms with Gasteiger partial charge in [-0.3, -0.25) is 14.7 Å². The first-order chi connectivity index (χ1) is 19.4. The average molecular weight is 547 g/mol. The highest BCUT2D eigenvalue weighted by atomic mass is 16.7. The van der Waals surface area contributed by atoms with Gasteiger partial charge in [0.05, 0.1) is 18.9 Å². The minimum Gasteiger partial charge on any atom is -0.379 e. The Balaban J connectivity index is 1.06. The van der Waals surface area contributed by atoms with Crippen LogP contribution in [0.3, 0.4) is 0 Å². The van der Waals surface area contributed by atoms with Gasteiger partial charge in [-0.15, -0.1) is 0 Å². The van der Waals surface area contributed by atoms with Gasteiger partial charge >= 0.3 is 6.09 Å². The standard InChI is InChI=1S/C33H46N4O3/c1-32-13-11-26(35-40-31(38)36(3)16-5-17-37-18-20-39-21-19-37)22-25(32)7-8-27-29-10-9-28(24-6-4-15-34-23-24)33(29,2)14-12-30(27)32/h4,6,9,15,22-23,27,29-30H,5,7-8,10-14,16-21H2,1-3H3/t27-,29+,30+,32+,33-/m1/s1. The summed E-state index contributed by atoms with van der Waals surface area (Å²) in [5.74, 6) is 2.19. The fourth-order valence-electron chi connectivity index (χ4n) is 8.79. The normalized spacial score (nSPS) is 34.8. The number of hydrogen-bond acceptors (Lipinski definition) is 6. The number of ether oxygens (including phenoxy) is 1. The van der Waals surface area contributed by atoms with Gasteiger partial charge in [0.2, 0.25) is 0 Å². The Morgan fingerprint density at radius 3 is 2.83 bits per heavy atom. The molecule has 1 saturated heterocycles. The molecule has 1 amide bonds. The van der Waals surface area contributed by atoms with Crippen molar-refractivity contribution in [3.05, 3.63) is 47.8 Å². The number of allylic oxidation sites excluding steroid dienone is 4. The fourth-order valence-corrected chi connectivity index (χ4v) is 8.79. The summed E-state index contributed by atoms with van der Waals surface area (Å²) in [5, 5.41) is 4.34. The van der Waals surface area contributed by atoms with Crippen molar-refractivity contribution in [2.75, 3.05) is 46.4 Å². The Morgan fingerprint density at radius 1 is 1.18 bits per heavy atom. The molecule has 4 aliphatic carbocycles. The van der Waals surface area contributed by atoms with Crippen LogP contribution in [-0.4, -0.2) is 73.0 Å². The highest BCUT2D eigenvalue weighted by molar-refractivity contribution is 5.96. The monoisotopic (exact) mass is 546 g/mol. The Hall–Kier alpha value is -2.51. The molecule has 2 heterocycles. The molecule has 0 N–H and O–H groups in total. The highest BCUT2D eigenvalue weighted by Crippen LogP contribution is 2.66. The van der Waals surface area contributed by atoms with Crippen LogP contribution in [-0.2, 0) is 9.57 Å². The average Bonchev–Trinajstić information content (AvgIpc) is 3.34. The number of carbonyl (C=O) groups excluding carboxylic acids is 1. The van der Waals surface area contributed by atoms with Crippen LogP contribution >= 0.6 is 0 Å². The number of hydrogen-bond donors (Lipinski definition) is 0. The van der Waals surface area contributed by atoms with E-state index in [1.807, 2.05) is 12.4 Å². The molecule has 1 aromatic rings. The number of morpholine rings is 1. The first kappa shape index (κ1) is 27.6. The van der Waals surface area contributed by atoms with E-state index >= 15 is 0 Å². The molecule has 7 nitrogen and oxygen atoms in total. The van der Waals surface area contributed by atoms with Crippen LogP contribution in [0.5, 0.6) is 0 Å². The third kappa shape index (κ3) is 5.16. The van der Waals surface area contributed by atoms with Gasteiger partial charge in [0, 0.05) is 45.6 Å². The highest BCUT2D eigenvalue weighted by Gasteiger charge is 2.57. The molecule has 5 atom stereocenters. The van der Waals surface area contributed by atoms with Crippen LogP contribution < -0.4 is 0 Å². The van der Waals surface area contributed by atoms with Crippen LogP contribution in [0.4, 0.5) is 4.79 Å². The van der Waals surface area contributed by atoms with Crippen molar-refractivity contribution >= 4 is 17.4 Å². The van der Waals surface area contributed by atoms with Crippen molar-refractivity contribution < 1.29 is 14.4 Å². The van der Waals surface area contributed by atoms with Gasteiger partial charge in [-0.2, -0.15) is 0 Å². The van der Waals surface area contributed by atoms with Crippen LogP contribution in [0.1, 0.15) is 70.8 Å². The number of aromatic nitrogens is 1. The molecule has 5 aliphatic rings. The first-order valence-electron chi connectivity index (χ1n) is 15.5. The Morgan fingerprint density at radius 2 is 2.02 bits per heavy atom. The maximum Gasteiger partial charge on any atom is 0.435 e. The van der Waals surface area contributed by atoms with E-state index in [9.17, 15) is 4.79 Å². The van der Waals surface area contributed by atoms with Gasteiger partial charge in [-0.1, -0.05) is 36.7 Å². The number of fused-ring (bicyclic) bond motifs is 5. The molecule has 1 aliphatic heterocycles. The number of nitrogens with zero attached hydrogens (tertiary/aromatic N) is 4. The molecular weight excluding hydrogens is 500 g/mol. The maximum atomic E-state index is 12.6. The van der Waals surface area contributed by atoms with E-state index < -0.39 is 0 Å². The van der Waals surface area contributed by atoms with E-state index in [4.69, 9.17) is 9.57 Å². The molecule has 0 unspecified atom stereocenters. The van der Waals surface area contributed by atoms with Gasteiger partial charge in [-0.05, 0) is 103 Å². The molecular formula is C33H46N4O3. The molecule has 1 aromatic heterocycles. The van der Waals surface area contributed by atoms with Crippen molar-refractivity contribution in [3.63, 3.8) is 0 Å². The lowest BCUT2D eigenvalue weighted by Crippen LogP contribution is -2.49. The molecule has 2 saturated carbocycles. The summed E-state index contributed by atoms with van der Waals surface area (Å²) < 4.78 is 5.41. The Kier molecular flexibility index (Phi) is 7.88. The molecule has 0 radical (unpaired) electrons. The summed E-state index contributed by atoms with van der Waals surface area (Å²) in [4.78, 5) is 26.5. The summed E-state index contributed by atoms with van der Waals surface area (Å²) in [7, 11) is 1.80. The second-order valence-electron chi connectivity index (χ2n) is 13.2. The lowest BCUT2D eigenvalue weighted by Gasteiger charge is -2.58. The SMILES string of the molecule is CN(CCCN1CCOCC1)C(=O)ON=C1C=C2CC[C@H]3[C@H](CC[C@]4(C)C(c5cccnc5)=CC[C@@H]34)[C@@]2(C)CC1. The largest absolute Gasteiger partial charge is 0.435 e. The number of oxime groups is 1. The van der Waals surface area contributed by atoms with E-state index in [0.717, 1.165) is 76.1 Å². The minimum absolute atomic E-state index is 0.223. The third-order valence-electron chi connectivity index (χ3n) is 11.2. The molecule has 0 aromatic carbocycles. The van der Waals surface area contributed by atoms with Crippen LogP contribution in [0.25, 0.3) is 5.57 Å². The summed E-state index contributed by atoms with van der Waals surface area (Å²) in [6, 6.07) is 4.31. The molecule has 0 bridgehead atoms. The zero-order valence-corrected chi connectivity index (χ0v) is 24.6. The van der Waals surface area contributed by atoms with Gasteiger partial charge in [0.15, 0.2) is 0 Å². The zero-order chi connectivity index (χ0) is 27.7. The van der Waals surface area contributed by atoms with Crippen molar-refractivity contribution in [2.24, 2.45) is 33.7 Å². The lowest BCUT2D eigenvalue weighted by molar-refractivity contribution is -0.0190. The first-order valence-corrected chi connectivity index (χ1v) is 15.5. The molecule has 0 spiro atoms. The van der Waals surface area contributed by atoms with Crippen molar-refractivity contribution in [1.82, 2.24) is 14.8 Å². The number of pyridine rings is 1. The second kappa shape index (κ2) is 11.4. The second-order valence-corrected chi connectivity index (χ2v) is 13.2. The smallest absolute Gasteiger partial charge is 0.379 e. The van der Waals surface area contributed by atoms with Gasteiger partial charge in [0.25, 0.3) is 0 Å². The van der Waals surface area contributed by atoms with Gasteiger partial charge in [-0.25, -0.2) is 4.79 Å². The summed E-state index contributed by atoms with van der Waals surface area (Å²) in [5.41, 5.74) is 5.76. The summed E-state index contributed by atoms with van der Waals surface area (Å²) >= 11 is 0. The summed E-state index contributed by atoms with van der Waals surface area (Å²) in [6.07, 6.45) is 17.3. The molecule has 6 rings (SSSR count). The third-order valence-corrected chi connectivity index (χ3v) is 11.2. The number of amides is 1. The van der Waals surface area contributed by atoms with Gasteiger partial charge in [0.1, 0.15) is 0 Å².